The molecule has 1 fully saturated rings. The smallest absolute Gasteiger partial charge is 0.242 e. The van der Waals surface area contributed by atoms with Gasteiger partial charge in [0.2, 0.25) is 5.88 Å². The fraction of sp³-hybridized carbons (Fsp3) is 0.636. The molecule has 1 aliphatic rings. The average molecular weight is 222 g/mol. The lowest BCUT2D eigenvalue weighted by Crippen LogP contribution is -2.23. The maximum atomic E-state index is 5.90. The molecule has 0 spiro atoms. The van der Waals surface area contributed by atoms with Crippen molar-refractivity contribution in [2.24, 2.45) is 5.92 Å². The van der Waals surface area contributed by atoms with Crippen LogP contribution >= 0.6 is 0 Å². The lowest BCUT2D eigenvalue weighted by molar-refractivity contribution is 0.399. The number of nitrogens with zero attached hydrogens (tertiary/aromatic N) is 2. The number of hydrogen-bond donors (Lipinski definition) is 2. The van der Waals surface area contributed by atoms with Crippen LogP contribution in [0.15, 0.2) is 6.33 Å². The van der Waals surface area contributed by atoms with Crippen LogP contribution in [0.3, 0.4) is 0 Å². The first kappa shape index (κ1) is 11.0. The summed E-state index contributed by atoms with van der Waals surface area (Å²) in [4.78, 5) is 8.11. The first-order chi connectivity index (χ1) is 7.72. The van der Waals surface area contributed by atoms with Crippen LogP contribution in [0.5, 0.6) is 5.88 Å². The van der Waals surface area contributed by atoms with Gasteiger partial charge in [-0.05, 0) is 18.8 Å². The molecule has 0 aliphatic heterocycles. The van der Waals surface area contributed by atoms with Gasteiger partial charge >= 0.3 is 0 Å². The molecule has 1 saturated carbocycles. The first-order valence-electron chi connectivity index (χ1n) is 5.63. The maximum Gasteiger partial charge on any atom is 0.242 e. The van der Waals surface area contributed by atoms with E-state index in [1.54, 1.807) is 7.11 Å². The predicted molar refractivity (Wildman–Crippen MR) is 63.4 cm³/mol. The summed E-state index contributed by atoms with van der Waals surface area (Å²) in [5, 5.41) is 3.38. The van der Waals surface area contributed by atoms with E-state index in [1.807, 2.05) is 0 Å². The number of ether oxygens (including phenoxy) is 1. The molecule has 0 bridgehead atoms. The van der Waals surface area contributed by atoms with E-state index in [1.165, 1.54) is 25.6 Å². The van der Waals surface area contributed by atoms with E-state index in [4.69, 9.17) is 10.5 Å². The summed E-state index contributed by atoms with van der Waals surface area (Å²) in [6.07, 6.45) is 5.17. The number of hydrogen-bond acceptors (Lipinski definition) is 5. The van der Waals surface area contributed by atoms with Crippen LogP contribution in [0.1, 0.15) is 26.2 Å². The van der Waals surface area contributed by atoms with Crippen molar-refractivity contribution in [2.75, 3.05) is 18.2 Å². The van der Waals surface area contributed by atoms with Crippen LogP contribution in [0.25, 0.3) is 0 Å². The van der Waals surface area contributed by atoms with Crippen LogP contribution < -0.4 is 15.8 Å². The van der Waals surface area contributed by atoms with E-state index in [9.17, 15) is 0 Å². The van der Waals surface area contributed by atoms with Gasteiger partial charge in [0.05, 0.1) is 7.11 Å². The molecule has 5 heteroatoms. The third-order valence-corrected chi connectivity index (χ3v) is 3.22. The quantitative estimate of drug-likeness (QED) is 0.813. The van der Waals surface area contributed by atoms with Crippen LogP contribution in [-0.4, -0.2) is 23.1 Å². The van der Waals surface area contributed by atoms with E-state index in [2.05, 4.69) is 22.2 Å². The molecule has 1 aromatic heterocycles. The fourth-order valence-electron chi connectivity index (χ4n) is 2.19. The van der Waals surface area contributed by atoms with Crippen molar-refractivity contribution in [3.8, 4) is 5.88 Å². The van der Waals surface area contributed by atoms with Gasteiger partial charge in [0.15, 0.2) is 5.82 Å². The lowest BCUT2D eigenvalue weighted by atomic mass is 10.1. The summed E-state index contributed by atoms with van der Waals surface area (Å²) in [6, 6.07) is 0.460. The molecule has 0 saturated heterocycles. The van der Waals surface area contributed by atoms with E-state index in [0.29, 0.717) is 29.3 Å². The van der Waals surface area contributed by atoms with E-state index < -0.39 is 0 Å². The van der Waals surface area contributed by atoms with E-state index in [0.717, 1.165) is 0 Å². The number of rotatable bonds is 3. The highest BCUT2D eigenvalue weighted by atomic mass is 16.5. The monoisotopic (exact) mass is 222 g/mol. The second kappa shape index (κ2) is 4.55. The zero-order chi connectivity index (χ0) is 11.5. The van der Waals surface area contributed by atoms with Crippen molar-refractivity contribution in [1.82, 2.24) is 9.97 Å². The number of nitrogens with two attached hydrogens (primary N) is 1. The van der Waals surface area contributed by atoms with Crippen LogP contribution in [0.2, 0.25) is 0 Å². The maximum absolute atomic E-state index is 5.90. The van der Waals surface area contributed by atoms with E-state index >= 15 is 0 Å². The molecule has 0 amide bonds. The Bertz CT molecular complexity index is 369. The summed E-state index contributed by atoms with van der Waals surface area (Å²) >= 11 is 0. The van der Waals surface area contributed by atoms with Crippen LogP contribution in [-0.2, 0) is 0 Å². The van der Waals surface area contributed by atoms with Crippen molar-refractivity contribution in [1.29, 1.82) is 0 Å². The zero-order valence-electron chi connectivity index (χ0n) is 9.73. The van der Waals surface area contributed by atoms with Crippen molar-refractivity contribution in [2.45, 2.75) is 32.2 Å². The number of methoxy groups -OCH3 is 1. The summed E-state index contributed by atoms with van der Waals surface area (Å²) in [6.45, 7) is 2.25. The summed E-state index contributed by atoms with van der Waals surface area (Å²) in [5.41, 5.74) is 6.39. The van der Waals surface area contributed by atoms with Gasteiger partial charge in [0.1, 0.15) is 12.0 Å². The third-order valence-electron chi connectivity index (χ3n) is 3.22. The topological polar surface area (TPSA) is 73.1 Å². The third kappa shape index (κ3) is 2.03. The molecule has 5 nitrogen and oxygen atoms in total. The molecule has 0 radical (unpaired) electrons. The zero-order valence-corrected chi connectivity index (χ0v) is 9.73. The number of nitrogen functional groups attached to an aromatic ring is 1. The molecule has 3 N–H and O–H groups in total. The van der Waals surface area contributed by atoms with Gasteiger partial charge in [-0.1, -0.05) is 13.3 Å². The molecule has 2 unspecified atom stereocenters. The first-order valence-corrected chi connectivity index (χ1v) is 5.63. The Labute approximate surface area is 95.4 Å². The minimum absolute atomic E-state index is 0.433. The molecule has 1 aromatic rings. The van der Waals surface area contributed by atoms with E-state index in [-0.39, 0.29) is 0 Å². The Hall–Kier alpha value is -1.52. The Morgan fingerprint density at radius 3 is 2.88 bits per heavy atom. The predicted octanol–water partition coefficient (Wildman–Crippen LogP) is 1.67. The summed E-state index contributed by atoms with van der Waals surface area (Å²) in [7, 11) is 1.56. The molecule has 2 rings (SSSR count). The minimum Gasteiger partial charge on any atom is -0.479 e. The van der Waals surface area contributed by atoms with Crippen molar-refractivity contribution >= 4 is 11.5 Å². The van der Waals surface area contributed by atoms with Crippen molar-refractivity contribution < 1.29 is 4.74 Å². The standard InChI is InChI=1S/C11H18N4O/c1-7-4-3-5-8(7)15-10-9(12)11(16-2)14-6-13-10/h6-8H,3-5,12H2,1-2H3,(H,13,14,15). The molecular formula is C11H18N4O. The molecular weight excluding hydrogens is 204 g/mol. The average Bonchev–Trinajstić information content (AvgIpc) is 2.68. The molecule has 16 heavy (non-hydrogen) atoms. The summed E-state index contributed by atoms with van der Waals surface area (Å²) in [5.74, 6) is 1.79. The van der Waals surface area contributed by atoms with Crippen LogP contribution in [0.4, 0.5) is 11.5 Å². The molecule has 88 valence electrons. The van der Waals surface area contributed by atoms with Crippen LogP contribution in [0, 0.1) is 5.92 Å². The minimum atomic E-state index is 0.433. The Morgan fingerprint density at radius 1 is 1.44 bits per heavy atom. The fourth-order valence-corrected chi connectivity index (χ4v) is 2.19. The lowest BCUT2D eigenvalue weighted by Gasteiger charge is -2.19. The van der Waals surface area contributed by atoms with Crippen molar-refractivity contribution in [3.63, 3.8) is 0 Å². The Morgan fingerprint density at radius 2 is 2.25 bits per heavy atom. The molecule has 0 aromatic carbocycles. The molecule has 1 aliphatic carbocycles. The second-order valence-electron chi connectivity index (χ2n) is 4.30. The van der Waals surface area contributed by atoms with Gasteiger partial charge in [-0.3, -0.25) is 0 Å². The highest BCUT2D eigenvalue weighted by Crippen LogP contribution is 2.31. The van der Waals surface area contributed by atoms with Gasteiger partial charge in [-0.2, -0.15) is 4.98 Å². The largest absolute Gasteiger partial charge is 0.479 e. The Balaban J connectivity index is 2.14. The normalized spacial score (nSPS) is 24.4. The second-order valence-corrected chi connectivity index (χ2v) is 4.30. The highest BCUT2D eigenvalue weighted by molar-refractivity contribution is 5.66. The van der Waals surface area contributed by atoms with Gasteiger partial charge in [0.25, 0.3) is 0 Å². The number of aromatic nitrogens is 2. The number of anilines is 2. The number of nitrogens with one attached hydrogen (secondary N) is 1. The van der Waals surface area contributed by atoms with Gasteiger partial charge < -0.3 is 15.8 Å². The van der Waals surface area contributed by atoms with Gasteiger partial charge in [0, 0.05) is 6.04 Å². The van der Waals surface area contributed by atoms with Gasteiger partial charge in [-0.15, -0.1) is 0 Å². The molecule has 1 heterocycles. The highest BCUT2D eigenvalue weighted by Gasteiger charge is 2.24. The molecule has 2 atom stereocenters. The SMILES string of the molecule is COc1ncnc(NC2CCCC2C)c1N. The van der Waals surface area contributed by atoms with Crippen molar-refractivity contribution in [3.05, 3.63) is 6.33 Å². The Kier molecular flexibility index (Phi) is 3.12. The van der Waals surface area contributed by atoms with Gasteiger partial charge in [-0.25, -0.2) is 4.98 Å². The summed E-state index contributed by atoms with van der Waals surface area (Å²) < 4.78 is 5.06.